The molecule has 1 heterocycles. The molecule has 2 atom stereocenters. The van der Waals surface area contributed by atoms with Gasteiger partial charge >= 0.3 is 0 Å². The maximum absolute atomic E-state index is 12.6. The average molecular weight is 398 g/mol. The number of carbonyl (C=O) groups excluding carboxylic acids is 1. The van der Waals surface area contributed by atoms with E-state index in [9.17, 15) is 14.9 Å². The lowest BCUT2D eigenvalue weighted by atomic mass is 10.3. The molecule has 2 aromatic carbocycles. The van der Waals surface area contributed by atoms with Crippen molar-refractivity contribution in [2.45, 2.75) is 43.5 Å². The molecule has 1 amide bonds. The van der Waals surface area contributed by atoms with Crippen molar-refractivity contribution in [3.8, 4) is 0 Å². The number of nitrogens with one attached hydrogen (secondary N) is 1. The van der Waals surface area contributed by atoms with E-state index in [4.69, 9.17) is 0 Å². The number of fused-ring (bicyclic) bond motifs is 1. The van der Waals surface area contributed by atoms with Crippen molar-refractivity contribution in [1.82, 2.24) is 14.9 Å². The van der Waals surface area contributed by atoms with Crippen molar-refractivity contribution in [1.29, 1.82) is 0 Å². The van der Waals surface area contributed by atoms with Gasteiger partial charge in [-0.3, -0.25) is 14.9 Å². The fourth-order valence-corrected chi connectivity index (χ4v) is 3.93. The predicted molar refractivity (Wildman–Crippen MR) is 110 cm³/mol. The van der Waals surface area contributed by atoms with Crippen LogP contribution in [0.2, 0.25) is 0 Å². The molecule has 0 saturated carbocycles. The standard InChI is InChI=1S/C20H22N4O3S/c1-4-23-18-8-6-5-7-17(18)22-19(23)13(2)21-20(25)14(3)28-16-11-9-15(10-12-16)24(26)27/h5-14H,4H2,1-3H3,(H,21,25). The smallest absolute Gasteiger partial charge is 0.269 e. The lowest BCUT2D eigenvalue weighted by Crippen LogP contribution is -2.34. The Kier molecular flexibility index (Phi) is 5.99. The van der Waals surface area contributed by atoms with E-state index in [0.29, 0.717) is 0 Å². The largest absolute Gasteiger partial charge is 0.345 e. The van der Waals surface area contributed by atoms with Crippen LogP contribution in [0, 0.1) is 10.1 Å². The number of non-ortho nitro benzene ring substituents is 1. The highest BCUT2D eigenvalue weighted by Gasteiger charge is 2.21. The van der Waals surface area contributed by atoms with Gasteiger partial charge in [0.1, 0.15) is 5.82 Å². The van der Waals surface area contributed by atoms with Crippen molar-refractivity contribution < 1.29 is 9.72 Å². The summed E-state index contributed by atoms with van der Waals surface area (Å²) in [6.07, 6.45) is 0. The highest BCUT2D eigenvalue weighted by atomic mass is 32.2. The van der Waals surface area contributed by atoms with E-state index in [2.05, 4.69) is 21.8 Å². The molecular weight excluding hydrogens is 376 g/mol. The number of amides is 1. The number of benzene rings is 2. The summed E-state index contributed by atoms with van der Waals surface area (Å²) < 4.78 is 2.11. The minimum absolute atomic E-state index is 0.0357. The highest BCUT2D eigenvalue weighted by molar-refractivity contribution is 8.00. The van der Waals surface area contributed by atoms with Crippen LogP contribution in [-0.4, -0.2) is 25.6 Å². The SMILES string of the molecule is CCn1c(C(C)NC(=O)C(C)Sc2ccc([N+](=O)[O-])cc2)nc2ccccc21. The molecule has 0 radical (unpaired) electrons. The molecule has 2 unspecified atom stereocenters. The molecule has 0 aliphatic rings. The van der Waals surface area contributed by atoms with Crippen LogP contribution in [0.3, 0.4) is 0 Å². The quantitative estimate of drug-likeness (QED) is 0.364. The third-order valence-electron chi connectivity index (χ3n) is 4.48. The maximum atomic E-state index is 12.6. The summed E-state index contributed by atoms with van der Waals surface area (Å²) in [4.78, 5) is 28.4. The monoisotopic (exact) mass is 398 g/mol. The molecular formula is C20H22N4O3S. The molecule has 1 N–H and O–H groups in total. The summed E-state index contributed by atoms with van der Waals surface area (Å²) >= 11 is 1.36. The Bertz CT molecular complexity index is 1000. The molecule has 0 saturated heterocycles. The third-order valence-corrected chi connectivity index (χ3v) is 5.59. The Labute approximate surface area is 167 Å². The number of imidazole rings is 1. The lowest BCUT2D eigenvalue weighted by Gasteiger charge is -2.18. The van der Waals surface area contributed by atoms with Crippen LogP contribution in [0.1, 0.15) is 32.6 Å². The van der Waals surface area contributed by atoms with E-state index < -0.39 is 4.92 Å². The van der Waals surface area contributed by atoms with Gasteiger partial charge in [-0.05, 0) is 45.0 Å². The van der Waals surface area contributed by atoms with Crippen molar-refractivity contribution in [2.24, 2.45) is 0 Å². The Hall–Kier alpha value is -2.87. The first kappa shape index (κ1) is 19.9. The molecule has 0 bridgehead atoms. The summed E-state index contributed by atoms with van der Waals surface area (Å²) in [5, 5.41) is 13.4. The van der Waals surface area contributed by atoms with Crippen LogP contribution in [0.15, 0.2) is 53.4 Å². The molecule has 8 heteroatoms. The molecule has 7 nitrogen and oxygen atoms in total. The Balaban J connectivity index is 1.69. The predicted octanol–water partition coefficient (Wildman–Crippen LogP) is 4.32. The fourth-order valence-electron chi connectivity index (χ4n) is 3.06. The summed E-state index contributed by atoms with van der Waals surface area (Å²) in [7, 11) is 0. The van der Waals surface area contributed by atoms with E-state index in [1.165, 1.54) is 23.9 Å². The van der Waals surface area contributed by atoms with Gasteiger partial charge in [0.2, 0.25) is 5.91 Å². The highest BCUT2D eigenvalue weighted by Crippen LogP contribution is 2.26. The number of nitrogens with zero attached hydrogens (tertiary/aromatic N) is 3. The Morgan fingerprint density at radius 1 is 1.21 bits per heavy atom. The van der Waals surface area contributed by atoms with Gasteiger partial charge in [0.05, 0.1) is 27.2 Å². The normalized spacial score (nSPS) is 13.2. The van der Waals surface area contributed by atoms with Gasteiger partial charge in [0, 0.05) is 23.6 Å². The number of thioether (sulfide) groups is 1. The molecule has 0 aliphatic carbocycles. The zero-order valence-corrected chi connectivity index (χ0v) is 16.8. The summed E-state index contributed by atoms with van der Waals surface area (Å²) in [6.45, 7) is 6.56. The second-order valence-electron chi connectivity index (χ2n) is 6.44. The maximum Gasteiger partial charge on any atom is 0.269 e. The van der Waals surface area contributed by atoms with Crippen molar-refractivity contribution in [2.75, 3.05) is 0 Å². The average Bonchev–Trinajstić information content (AvgIpc) is 3.07. The number of rotatable bonds is 7. The molecule has 3 aromatic rings. The molecule has 0 fully saturated rings. The number of hydrogen-bond donors (Lipinski definition) is 1. The number of nitro benzene ring substituents is 1. The first-order chi connectivity index (χ1) is 13.4. The molecule has 0 aliphatic heterocycles. The first-order valence-electron chi connectivity index (χ1n) is 9.07. The van der Waals surface area contributed by atoms with Gasteiger partial charge in [-0.2, -0.15) is 0 Å². The number of nitro groups is 1. The number of aryl methyl sites for hydroxylation is 1. The van der Waals surface area contributed by atoms with Crippen LogP contribution in [-0.2, 0) is 11.3 Å². The molecule has 3 rings (SSSR count). The second kappa shape index (κ2) is 8.43. The van der Waals surface area contributed by atoms with Gasteiger partial charge < -0.3 is 9.88 Å². The number of aromatic nitrogens is 2. The van der Waals surface area contributed by atoms with Crippen molar-refractivity contribution in [3.05, 3.63) is 64.5 Å². The molecule has 146 valence electrons. The van der Waals surface area contributed by atoms with Crippen LogP contribution in [0.4, 0.5) is 5.69 Å². The second-order valence-corrected chi connectivity index (χ2v) is 7.86. The summed E-state index contributed by atoms with van der Waals surface area (Å²) in [5.41, 5.74) is 2.00. The summed E-state index contributed by atoms with van der Waals surface area (Å²) in [6, 6.07) is 13.9. The van der Waals surface area contributed by atoms with Gasteiger partial charge in [0.25, 0.3) is 5.69 Å². The Morgan fingerprint density at radius 2 is 1.89 bits per heavy atom. The van der Waals surface area contributed by atoms with Crippen LogP contribution in [0.25, 0.3) is 11.0 Å². The fraction of sp³-hybridized carbons (Fsp3) is 0.300. The minimum Gasteiger partial charge on any atom is -0.345 e. The van der Waals surface area contributed by atoms with Crippen LogP contribution >= 0.6 is 11.8 Å². The van der Waals surface area contributed by atoms with Gasteiger partial charge in [-0.25, -0.2) is 4.98 Å². The molecule has 0 spiro atoms. The topological polar surface area (TPSA) is 90.1 Å². The van der Waals surface area contributed by atoms with Gasteiger partial charge in [0.15, 0.2) is 0 Å². The third kappa shape index (κ3) is 4.17. The first-order valence-corrected chi connectivity index (χ1v) is 9.95. The van der Waals surface area contributed by atoms with Crippen molar-refractivity contribution >= 4 is 34.4 Å². The Morgan fingerprint density at radius 3 is 2.54 bits per heavy atom. The number of para-hydroxylation sites is 2. The van der Waals surface area contributed by atoms with Crippen LogP contribution in [0.5, 0.6) is 0 Å². The van der Waals surface area contributed by atoms with E-state index in [-0.39, 0.29) is 22.9 Å². The lowest BCUT2D eigenvalue weighted by molar-refractivity contribution is -0.384. The van der Waals surface area contributed by atoms with E-state index >= 15 is 0 Å². The van der Waals surface area contributed by atoms with E-state index in [1.807, 2.05) is 38.1 Å². The number of hydrogen-bond acceptors (Lipinski definition) is 5. The van der Waals surface area contributed by atoms with Gasteiger partial charge in [-0.1, -0.05) is 12.1 Å². The van der Waals surface area contributed by atoms with E-state index in [1.54, 1.807) is 12.1 Å². The zero-order chi connectivity index (χ0) is 20.3. The van der Waals surface area contributed by atoms with E-state index in [0.717, 1.165) is 28.3 Å². The molecule has 1 aromatic heterocycles. The van der Waals surface area contributed by atoms with Crippen molar-refractivity contribution in [3.63, 3.8) is 0 Å². The molecule has 28 heavy (non-hydrogen) atoms. The number of carbonyl (C=O) groups is 1. The van der Waals surface area contributed by atoms with Crippen LogP contribution < -0.4 is 5.32 Å². The minimum atomic E-state index is -0.438. The summed E-state index contributed by atoms with van der Waals surface area (Å²) in [5.74, 6) is 0.718. The van der Waals surface area contributed by atoms with Gasteiger partial charge in [-0.15, -0.1) is 11.8 Å². The zero-order valence-electron chi connectivity index (χ0n) is 16.0.